The molecule has 0 spiro atoms. The van der Waals surface area contributed by atoms with Gasteiger partial charge in [0.1, 0.15) is 6.61 Å². The van der Waals surface area contributed by atoms with Crippen molar-refractivity contribution in [3.05, 3.63) is 99.0 Å². The van der Waals surface area contributed by atoms with Gasteiger partial charge >= 0.3 is 6.03 Å². The largest absolute Gasteiger partial charge is 0.493 e. The van der Waals surface area contributed by atoms with E-state index in [1.165, 1.54) is 11.6 Å². The van der Waals surface area contributed by atoms with Crippen molar-refractivity contribution in [1.82, 2.24) is 5.43 Å². The number of urea groups is 1. The summed E-state index contributed by atoms with van der Waals surface area (Å²) in [5.74, 6) is 0.908. The van der Waals surface area contributed by atoms with E-state index in [-0.39, 0.29) is 0 Å². The normalized spacial score (nSPS) is 11.0. The maximum Gasteiger partial charge on any atom is 0.339 e. The molecule has 4 aromatic rings. The second-order valence-corrected chi connectivity index (χ2v) is 9.05. The number of hydrogen-bond acceptors (Lipinski definition) is 4. The second-order valence-electron chi connectivity index (χ2n) is 7.79. The molecule has 0 unspecified atom stereocenters. The van der Waals surface area contributed by atoms with Crippen LogP contribution in [0.5, 0.6) is 11.5 Å². The Kier molecular flexibility index (Phi) is 7.90. The van der Waals surface area contributed by atoms with Crippen molar-refractivity contribution in [3.63, 3.8) is 0 Å². The average Bonchev–Trinajstić information content (AvgIpc) is 2.85. The highest BCUT2D eigenvalue weighted by Gasteiger charge is 2.12. The van der Waals surface area contributed by atoms with E-state index in [9.17, 15) is 4.79 Å². The maximum atomic E-state index is 12.1. The van der Waals surface area contributed by atoms with E-state index in [4.69, 9.17) is 21.1 Å². The molecule has 8 heteroatoms. The third kappa shape index (κ3) is 6.32. The maximum absolute atomic E-state index is 12.1. The SMILES string of the molecule is COc1cc(/C=N/NC(=O)Nc2ccc(Br)c(C)c2)cc(Cl)c1OCc1ccc2ccccc2c1. The van der Waals surface area contributed by atoms with E-state index in [1.807, 2.05) is 37.3 Å². The Morgan fingerprint density at radius 3 is 2.63 bits per heavy atom. The Morgan fingerprint density at radius 2 is 1.86 bits per heavy atom. The molecular weight excluding hydrogens is 530 g/mol. The summed E-state index contributed by atoms with van der Waals surface area (Å²) < 4.78 is 12.4. The quantitative estimate of drug-likeness (QED) is 0.187. The number of hydrazone groups is 1. The molecule has 0 fully saturated rings. The van der Waals surface area contributed by atoms with Crippen molar-refractivity contribution in [3.8, 4) is 11.5 Å². The van der Waals surface area contributed by atoms with Crippen LogP contribution in [0.25, 0.3) is 10.8 Å². The van der Waals surface area contributed by atoms with Crippen LogP contribution < -0.4 is 20.2 Å². The van der Waals surface area contributed by atoms with Crippen molar-refractivity contribution in [2.24, 2.45) is 5.10 Å². The number of fused-ring (bicyclic) bond motifs is 1. The molecule has 0 atom stereocenters. The zero-order valence-corrected chi connectivity index (χ0v) is 21.5. The van der Waals surface area contributed by atoms with E-state index >= 15 is 0 Å². The van der Waals surface area contributed by atoms with Gasteiger partial charge < -0.3 is 14.8 Å². The van der Waals surface area contributed by atoms with E-state index in [0.29, 0.717) is 34.4 Å². The number of rotatable bonds is 7. The van der Waals surface area contributed by atoms with Gasteiger partial charge in [-0.2, -0.15) is 5.10 Å². The van der Waals surface area contributed by atoms with Crippen LogP contribution >= 0.6 is 27.5 Å². The molecule has 0 aliphatic rings. The number of nitrogens with one attached hydrogen (secondary N) is 2. The summed E-state index contributed by atoms with van der Waals surface area (Å²) in [5, 5.41) is 9.41. The molecule has 4 aromatic carbocycles. The van der Waals surface area contributed by atoms with Gasteiger partial charge in [-0.3, -0.25) is 0 Å². The van der Waals surface area contributed by atoms with E-state index in [1.54, 1.807) is 25.3 Å². The lowest BCUT2D eigenvalue weighted by Gasteiger charge is -2.13. The molecule has 0 heterocycles. The van der Waals surface area contributed by atoms with Gasteiger partial charge in [0.15, 0.2) is 11.5 Å². The van der Waals surface area contributed by atoms with Crippen molar-refractivity contribution >= 4 is 56.2 Å². The number of benzene rings is 4. The standard InChI is InChI=1S/C27H23BrClN3O3/c1-17-11-22(9-10-23(17)28)31-27(33)32-30-15-19-13-24(29)26(25(14-19)34-2)35-16-18-7-8-20-5-3-4-6-21(20)12-18/h3-15H,16H2,1-2H3,(H2,31,32,33)/b30-15+. The van der Waals surface area contributed by atoms with E-state index < -0.39 is 6.03 Å². The summed E-state index contributed by atoms with van der Waals surface area (Å²) in [6.45, 7) is 2.28. The van der Waals surface area contributed by atoms with Crippen LogP contribution in [-0.2, 0) is 6.61 Å². The van der Waals surface area contributed by atoms with Crippen molar-refractivity contribution in [2.45, 2.75) is 13.5 Å². The van der Waals surface area contributed by atoms with Gasteiger partial charge in [-0.05, 0) is 70.8 Å². The average molecular weight is 553 g/mol. The molecule has 0 aliphatic carbocycles. The van der Waals surface area contributed by atoms with Crippen LogP contribution in [0.2, 0.25) is 5.02 Å². The number of hydrogen-bond donors (Lipinski definition) is 2. The Morgan fingerprint density at radius 1 is 1.06 bits per heavy atom. The minimum absolute atomic E-state index is 0.339. The smallest absolute Gasteiger partial charge is 0.339 e. The van der Waals surface area contributed by atoms with Gasteiger partial charge in [-0.1, -0.05) is 63.9 Å². The van der Waals surface area contributed by atoms with Gasteiger partial charge in [0.2, 0.25) is 0 Å². The summed E-state index contributed by atoms with van der Waals surface area (Å²) in [5.41, 5.74) is 5.77. The Balaban J connectivity index is 1.40. The fourth-order valence-electron chi connectivity index (χ4n) is 3.49. The van der Waals surface area contributed by atoms with Gasteiger partial charge in [0.05, 0.1) is 18.3 Å². The highest BCUT2D eigenvalue weighted by atomic mass is 79.9. The first-order chi connectivity index (χ1) is 16.9. The third-order valence-electron chi connectivity index (χ3n) is 5.24. The molecule has 0 radical (unpaired) electrons. The Hall–Kier alpha value is -3.55. The monoisotopic (exact) mass is 551 g/mol. The highest BCUT2D eigenvalue weighted by Crippen LogP contribution is 2.36. The predicted octanol–water partition coefficient (Wildman–Crippen LogP) is 7.31. The summed E-state index contributed by atoms with van der Waals surface area (Å²) >= 11 is 9.92. The number of aryl methyl sites for hydroxylation is 1. The van der Waals surface area contributed by atoms with Gasteiger partial charge in [0, 0.05) is 10.2 Å². The fraction of sp³-hybridized carbons (Fsp3) is 0.111. The van der Waals surface area contributed by atoms with Crippen LogP contribution in [0, 0.1) is 6.92 Å². The van der Waals surface area contributed by atoms with Crippen LogP contribution in [0.3, 0.4) is 0 Å². The first kappa shape index (κ1) is 24.6. The van der Waals surface area contributed by atoms with Crippen LogP contribution in [0.15, 0.2) is 82.4 Å². The Labute approximate surface area is 217 Å². The summed E-state index contributed by atoms with van der Waals surface area (Å²) in [4.78, 5) is 12.1. The Bertz CT molecular complexity index is 1410. The minimum Gasteiger partial charge on any atom is -0.493 e. The lowest BCUT2D eigenvalue weighted by atomic mass is 10.1. The number of anilines is 1. The van der Waals surface area contributed by atoms with Crippen molar-refractivity contribution in [1.29, 1.82) is 0 Å². The highest BCUT2D eigenvalue weighted by molar-refractivity contribution is 9.10. The topological polar surface area (TPSA) is 72.0 Å². The number of ether oxygens (including phenoxy) is 2. The molecule has 6 nitrogen and oxygen atoms in total. The van der Waals surface area contributed by atoms with E-state index in [0.717, 1.165) is 21.0 Å². The third-order valence-corrected chi connectivity index (χ3v) is 6.41. The number of halogens is 2. The molecular formula is C27H23BrClN3O3. The number of carbonyl (C=O) groups excluding carboxylic acids is 1. The van der Waals surface area contributed by atoms with Crippen LogP contribution in [-0.4, -0.2) is 19.4 Å². The zero-order valence-electron chi connectivity index (χ0n) is 19.1. The number of amides is 2. The molecule has 0 aliphatic heterocycles. The second kappa shape index (κ2) is 11.3. The summed E-state index contributed by atoms with van der Waals surface area (Å²) in [6.07, 6.45) is 1.48. The van der Waals surface area contributed by atoms with Crippen LogP contribution in [0.4, 0.5) is 10.5 Å². The summed E-state index contributed by atoms with van der Waals surface area (Å²) in [7, 11) is 1.54. The first-order valence-corrected chi connectivity index (χ1v) is 11.9. The minimum atomic E-state index is -0.462. The molecule has 2 N–H and O–H groups in total. The zero-order chi connectivity index (χ0) is 24.8. The van der Waals surface area contributed by atoms with E-state index in [2.05, 4.69) is 56.0 Å². The fourth-order valence-corrected chi connectivity index (χ4v) is 4.01. The first-order valence-electron chi connectivity index (χ1n) is 10.8. The predicted molar refractivity (Wildman–Crippen MR) is 145 cm³/mol. The number of methoxy groups -OCH3 is 1. The molecule has 0 saturated carbocycles. The van der Waals surface area contributed by atoms with Crippen LogP contribution in [0.1, 0.15) is 16.7 Å². The molecule has 0 saturated heterocycles. The molecule has 4 rings (SSSR count). The van der Waals surface area contributed by atoms with Gasteiger partial charge in [-0.15, -0.1) is 0 Å². The van der Waals surface area contributed by atoms with Gasteiger partial charge in [0.25, 0.3) is 0 Å². The lowest BCUT2D eigenvalue weighted by Crippen LogP contribution is -2.24. The lowest BCUT2D eigenvalue weighted by molar-refractivity contribution is 0.252. The molecule has 0 bridgehead atoms. The molecule has 2 amide bonds. The van der Waals surface area contributed by atoms with Gasteiger partial charge in [-0.25, -0.2) is 10.2 Å². The molecule has 178 valence electrons. The van der Waals surface area contributed by atoms with Crippen molar-refractivity contribution in [2.75, 3.05) is 12.4 Å². The molecule has 0 aromatic heterocycles. The summed E-state index contributed by atoms with van der Waals surface area (Å²) in [6, 6.07) is 22.8. The number of nitrogens with zero attached hydrogens (tertiary/aromatic N) is 1. The number of carbonyl (C=O) groups is 1. The van der Waals surface area contributed by atoms with Crippen molar-refractivity contribution < 1.29 is 14.3 Å². The molecule has 35 heavy (non-hydrogen) atoms.